The molecule has 4 nitrogen and oxygen atoms in total. The molecule has 2 amide bonds. The molecule has 170 valence electrons. The molecule has 2 atom stereocenters. The zero-order chi connectivity index (χ0) is 22.7. The molecular weight excluding hydrogens is 426 g/mol. The summed E-state index contributed by atoms with van der Waals surface area (Å²) in [7, 11) is 2.35. The molecule has 33 heavy (non-hydrogen) atoms. The molecule has 2 aliphatic heterocycles. The van der Waals surface area contributed by atoms with Crippen molar-refractivity contribution in [1.29, 1.82) is 0 Å². The van der Waals surface area contributed by atoms with Gasteiger partial charge < -0.3 is 14.7 Å². The first kappa shape index (κ1) is 22.1. The van der Waals surface area contributed by atoms with Gasteiger partial charge in [-0.25, -0.2) is 4.79 Å². The molecule has 0 bridgehead atoms. The number of nitrogens with one attached hydrogen (secondary N) is 1. The second-order valence-electron chi connectivity index (χ2n) is 9.55. The van der Waals surface area contributed by atoms with Crippen LogP contribution < -0.4 is 5.32 Å². The van der Waals surface area contributed by atoms with Crippen LogP contribution in [-0.2, 0) is 5.54 Å². The highest BCUT2D eigenvalue weighted by molar-refractivity contribution is 7.99. The van der Waals surface area contributed by atoms with Gasteiger partial charge in [-0.3, -0.25) is 0 Å². The van der Waals surface area contributed by atoms with Crippen LogP contribution in [0, 0.1) is 0 Å². The van der Waals surface area contributed by atoms with E-state index in [0.717, 1.165) is 47.4 Å². The number of thioether (sulfide) groups is 1. The Kier molecular flexibility index (Phi) is 6.17. The highest BCUT2D eigenvalue weighted by Crippen LogP contribution is 2.37. The minimum atomic E-state index is -0.505. The number of carbonyl (C=O) groups is 1. The summed E-state index contributed by atoms with van der Waals surface area (Å²) < 4.78 is 1.03. The summed E-state index contributed by atoms with van der Waals surface area (Å²) in [5.74, 6) is 1.09. The van der Waals surface area contributed by atoms with Crippen LogP contribution in [0.25, 0.3) is 0 Å². The fourth-order valence-corrected chi connectivity index (χ4v) is 6.48. The predicted molar refractivity (Wildman–Crippen MR) is 135 cm³/mol. The molecule has 1 N–H and O–H groups in total. The van der Waals surface area contributed by atoms with Crippen LogP contribution in [0.5, 0.6) is 0 Å². The largest absolute Gasteiger partial charge is 0.324 e. The Morgan fingerprint density at radius 3 is 2.12 bits per heavy atom. The summed E-state index contributed by atoms with van der Waals surface area (Å²) in [6.45, 7) is 3.92. The molecule has 0 spiro atoms. The quantitative estimate of drug-likeness (QED) is 0.401. The Hall–Kier alpha value is -2.76. The number of amides is 2. The Labute approximate surface area is 201 Å². The van der Waals surface area contributed by atoms with Gasteiger partial charge in [0.2, 0.25) is 0 Å². The fourth-order valence-electron chi connectivity index (χ4n) is 5.37. The van der Waals surface area contributed by atoms with Crippen LogP contribution in [0.15, 0.2) is 95.9 Å². The first-order valence-corrected chi connectivity index (χ1v) is 12.8. The van der Waals surface area contributed by atoms with Crippen molar-refractivity contribution in [2.75, 3.05) is 39.0 Å². The number of benzene rings is 3. The highest BCUT2D eigenvalue weighted by Gasteiger charge is 2.50. The number of likely N-dealkylation sites (N-methyl/N-ethyl adjacent to an activating group) is 1. The Morgan fingerprint density at radius 2 is 1.52 bits per heavy atom. The summed E-state index contributed by atoms with van der Waals surface area (Å²) in [6, 6.07) is 31.8. The summed E-state index contributed by atoms with van der Waals surface area (Å²) in [5, 5.41) is 3.39. The molecular formula is C28H32N3OS+. The molecule has 3 aromatic carbocycles. The standard InChI is InChI=1S/C28H31N3OS/c1-31(19-20-33-26-15-9-4-10-16-26)18-17-25(21-31)30-22-28(29-27(30)32,23-11-5-2-6-12-23)24-13-7-3-8-14-24/h2-16,25H,17-22H2,1H3/p+1. The second kappa shape index (κ2) is 9.24. The third-order valence-electron chi connectivity index (χ3n) is 7.26. The number of rotatable bonds is 7. The van der Waals surface area contributed by atoms with Gasteiger partial charge in [0.05, 0.1) is 39.3 Å². The van der Waals surface area contributed by atoms with E-state index in [0.29, 0.717) is 6.54 Å². The van der Waals surface area contributed by atoms with E-state index in [2.05, 4.69) is 96.1 Å². The van der Waals surface area contributed by atoms with Gasteiger partial charge >= 0.3 is 6.03 Å². The van der Waals surface area contributed by atoms with E-state index in [1.807, 2.05) is 23.9 Å². The zero-order valence-electron chi connectivity index (χ0n) is 19.2. The van der Waals surface area contributed by atoms with E-state index in [9.17, 15) is 4.79 Å². The molecule has 2 saturated heterocycles. The van der Waals surface area contributed by atoms with Crippen molar-refractivity contribution in [3.8, 4) is 0 Å². The van der Waals surface area contributed by atoms with Crippen LogP contribution in [0.3, 0.4) is 0 Å². The lowest BCUT2D eigenvalue weighted by molar-refractivity contribution is -0.895. The highest BCUT2D eigenvalue weighted by atomic mass is 32.2. The fraction of sp³-hybridized carbons (Fsp3) is 0.321. The monoisotopic (exact) mass is 458 g/mol. The summed E-state index contributed by atoms with van der Waals surface area (Å²) in [6.07, 6.45) is 1.06. The minimum absolute atomic E-state index is 0.0554. The van der Waals surface area contributed by atoms with Crippen LogP contribution in [0.2, 0.25) is 0 Å². The number of likely N-dealkylation sites (tertiary alicyclic amines) is 1. The smallest absolute Gasteiger partial charge is 0.319 e. The molecule has 2 aliphatic rings. The average molecular weight is 459 g/mol. The van der Waals surface area contributed by atoms with Gasteiger partial charge in [-0.1, -0.05) is 78.9 Å². The Morgan fingerprint density at radius 1 is 0.939 bits per heavy atom. The van der Waals surface area contributed by atoms with Crippen molar-refractivity contribution in [1.82, 2.24) is 10.2 Å². The van der Waals surface area contributed by atoms with E-state index in [-0.39, 0.29) is 12.1 Å². The van der Waals surface area contributed by atoms with Crippen molar-refractivity contribution in [3.63, 3.8) is 0 Å². The molecule has 5 rings (SSSR count). The number of urea groups is 1. The SMILES string of the molecule is C[N+]1(CCSc2ccccc2)CCC(N2CC(c3ccccc3)(c3ccccc3)NC2=O)C1. The summed E-state index contributed by atoms with van der Waals surface area (Å²) >= 11 is 1.93. The third kappa shape index (κ3) is 4.53. The lowest BCUT2D eigenvalue weighted by atomic mass is 9.83. The van der Waals surface area contributed by atoms with Gasteiger partial charge in [-0.15, -0.1) is 11.8 Å². The van der Waals surface area contributed by atoms with Gasteiger partial charge in [0.25, 0.3) is 0 Å². The van der Waals surface area contributed by atoms with Gasteiger partial charge in [0.15, 0.2) is 0 Å². The number of carbonyl (C=O) groups excluding carboxylic acids is 1. The summed E-state index contributed by atoms with van der Waals surface area (Å²) in [4.78, 5) is 16.8. The van der Waals surface area contributed by atoms with Crippen LogP contribution in [0.4, 0.5) is 4.79 Å². The van der Waals surface area contributed by atoms with Gasteiger partial charge in [0, 0.05) is 17.1 Å². The lowest BCUT2D eigenvalue weighted by Crippen LogP contribution is -2.47. The molecule has 0 aliphatic carbocycles. The summed E-state index contributed by atoms with van der Waals surface area (Å²) in [5.41, 5.74) is 1.78. The topological polar surface area (TPSA) is 32.3 Å². The minimum Gasteiger partial charge on any atom is -0.324 e. The first-order valence-electron chi connectivity index (χ1n) is 11.8. The van der Waals surface area contributed by atoms with E-state index >= 15 is 0 Å². The maximum Gasteiger partial charge on any atom is 0.319 e. The van der Waals surface area contributed by atoms with E-state index in [1.54, 1.807) is 0 Å². The van der Waals surface area contributed by atoms with Crippen LogP contribution in [-0.4, -0.2) is 60.4 Å². The molecule has 0 aromatic heterocycles. The second-order valence-corrected chi connectivity index (χ2v) is 10.7. The molecule has 3 aromatic rings. The van der Waals surface area contributed by atoms with Crippen molar-refractivity contribution < 1.29 is 9.28 Å². The Bertz CT molecular complexity index is 1040. The molecule has 0 radical (unpaired) electrons. The maximum atomic E-state index is 13.3. The Balaban J connectivity index is 1.31. The van der Waals surface area contributed by atoms with Crippen molar-refractivity contribution in [2.45, 2.75) is 22.9 Å². The number of quaternary nitrogens is 1. The predicted octanol–water partition coefficient (Wildman–Crippen LogP) is 4.97. The first-order chi connectivity index (χ1) is 16.1. The lowest BCUT2D eigenvalue weighted by Gasteiger charge is -2.32. The third-order valence-corrected chi connectivity index (χ3v) is 8.25. The number of hydrogen-bond donors (Lipinski definition) is 1. The normalized spacial score (nSPS) is 24.1. The van der Waals surface area contributed by atoms with E-state index in [4.69, 9.17) is 0 Å². The molecule has 5 heteroatoms. The van der Waals surface area contributed by atoms with E-state index in [1.165, 1.54) is 4.90 Å². The van der Waals surface area contributed by atoms with Gasteiger partial charge in [-0.05, 0) is 23.3 Å². The number of nitrogens with zero attached hydrogens (tertiary/aromatic N) is 2. The molecule has 2 heterocycles. The van der Waals surface area contributed by atoms with E-state index < -0.39 is 5.54 Å². The number of hydrogen-bond acceptors (Lipinski definition) is 2. The average Bonchev–Trinajstić information content (AvgIpc) is 3.42. The van der Waals surface area contributed by atoms with Crippen molar-refractivity contribution >= 4 is 17.8 Å². The van der Waals surface area contributed by atoms with Crippen LogP contribution in [0.1, 0.15) is 17.5 Å². The zero-order valence-corrected chi connectivity index (χ0v) is 20.0. The van der Waals surface area contributed by atoms with Gasteiger partial charge in [0.1, 0.15) is 5.54 Å². The van der Waals surface area contributed by atoms with Gasteiger partial charge in [-0.2, -0.15) is 0 Å². The molecule has 2 unspecified atom stereocenters. The maximum absolute atomic E-state index is 13.3. The molecule has 0 saturated carbocycles. The van der Waals surface area contributed by atoms with Crippen molar-refractivity contribution in [2.24, 2.45) is 0 Å². The van der Waals surface area contributed by atoms with Crippen LogP contribution >= 0.6 is 11.8 Å². The molecule has 2 fully saturated rings. The van der Waals surface area contributed by atoms with Crippen molar-refractivity contribution in [3.05, 3.63) is 102 Å².